The molecule has 1 fully saturated rings. The number of aliphatic hydroxyl groups is 1. The molecule has 1 aromatic heterocycles. The van der Waals surface area contributed by atoms with E-state index in [1.165, 1.54) is 11.0 Å². The van der Waals surface area contributed by atoms with E-state index in [1.807, 2.05) is 0 Å². The average molecular weight is 341 g/mol. The van der Waals surface area contributed by atoms with Crippen LogP contribution in [0.25, 0.3) is 0 Å². The van der Waals surface area contributed by atoms with Crippen molar-refractivity contribution in [3.63, 3.8) is 0 Å². The van der Waals surface area contributed by atoms with E-state index < -0.39 is 29.3 Å². The largest absolute Gasteiger partial charge is 0.382 e. The number of likely N-dealkylation sites (tertiary alicyclic amines) is 1. The predicted octanol–water partition coefficient (Wildman–Crippen LogP) is 1.40. The summed E-state index contributed by atoms with van der Waals surface area (Å²) in [6.07, 6.45) is -2.63. The zero-order valence-corrected chi connectivity index (χ0v) is 12.4. The van der Waals surface area contributed by atoms with Gasteiger partial charge in [-0.2, -0.15) is 5.21 Å². The molecule has 2 aromatic rings. The van der Waals surface area contributed by atoms with Gasteiger partial charge in [-0.15, -0.1) is 10.2 Å². The number of halogens is 3. The number of piperidine rings is 1. The fourth-order valence-corrected chi connectivity index (χ4v) is 2.69. The Bertz CT molecular complexity index is 730. The van der Waals surface area contributed by atoms with Gasteiger partial charge in [-0.1, -0.05) is 5.21 Å². The van der Waals surface area contributed by atoms with Gasteiger partial charge < -0.3 is 10.0 Å². The molecule has 1 aliphatic rings. The van der Waals surface area contributed by atoms with Gasteiger partial charge in [0, 0.05) is 31.5 Å². The van der Waals surface area contributed by atoms with Crippen molar-refractivity contribution >= 4 is 5.91 Å². The number of benzene rings is 1. The van der Waals surface area contributed by atoms with E-state index in [1.54, 1.807) is 0 Å². The van der Waals surface area contributed by atoms with Crippen LogP contribution in [0.2, 0.25) is 0 Å². The summed E-state index contributed by atoms with van der Waals surface area (Å²) < 4.78 is 38.8. The van der Waals surface area contributed by atoms with Gasteiger partial charge in [-0.25, -0.2) is 13.2 Å². The third kappa shape index (κ3) is 2.96. The second-order valence-corrected chi connectivity index (χ2v) is 5.60. The zero-order chi connectivity index (χ0) is 17.3. The standard InChI is InChI=1S/C14H14F3N5O2/c15-10-2-1-8(7-9(10)11(16)17)12(23)22-5-3-14(24,4-6-22)13-18-20-21-19-13/h1-2,7,11,24H,3-6H2,(H,18,19,20,21). The number of amides is 1. The van der Waals surface area contributed by atoms with Gasteiger partial charge in [-0.3, -0.25) is 4.79 Å². The smallest absolute Gasteiger partial charge is 0.266 e. The number of nitrogens with one attached hydrogen (secondary N) is 1. The van der Waals surface area contributed by atoms with E-state index in [0.717, 1.165) is 12.1 Å². The molecule has 0 atom stereocenters. The Morgan fingerprint density at radius 1 is 1.33 bits per heavy atom. The van der Waals surface area contributed by atoms with Crippen molar-refractivity contribution in [2.45, 2.75) is 24.9 Å². The molecule has 24 heavy (non-hydrogen) atoms. The van der Waals surface area contributed by atoms with Gasteiger partial charge >= 0.3 is 0 Å². The van der Waals surface area contributed by atoms with E-state index in [9.17, 15) is 23.1 Å². The van der Waals surface area contributed by atoms with Crippen LogP contribution >= 0.6 is 0 Å². The van der Waals surface area contributed by atoms with Crippen LogP contribution in [0.3, 0.4) is 0 Å². The number of aromatic amines is 1. The number of H-pyrrole nitrogens is 1. The summed E-state index contributed by atoms with van der Waals surface area (Å²) in [5.74, 6) is -1.39. The van der Waals surface area contributed by atoms with Crippen LogP contribution in [0.15, 0.2) is 18.2 Å². The number of hydrogen-bond donors (Lipinski definition) is 2. The fourth-order valence-electron chi connectivity index (χ4n) is 2.69. The monoisotopic (exact) mass is 341 g/mol. The summed E-state index contributed by atoms with van der Waals surface area (Å²) >= 11 is 0. The van der Waals surface area contributed by atoms with Crippen LogP contribution in [0.1, 0.15) is 41.0 Å². The highest BCUT2D eigenvalue weighted by Gasteiger charge is 2.39. The minimum Gasteiger partial charge on any atom is -0.382 e. The number of hydrogen-bond acceptors (Lipinski definition) is 5. The van der Waals surface area contributed by atoms with Crippen molar-refractivity contribution in [1.82, 2.24) is 25.5 Å². The summed E-state index contributed by atoms with van der Waals surface area (Å²) in [6, 6.07) is 2.89. The highest BCUT2D eigenvalue weighted by Crippen LogP contribution is 2.31. The topological polar surface area (TPSA) is 95.0 Å². The summed E-state index contributed by atoms with van der Waals surface area (Å²) in [5.41, 5.74) is -2.11. The molecule has 3 rings (SSSR count). The van der Waals surface area contributed by atoms with Crippen molar-refractivity contribution in [1.29, 1.82) is 0 Å². The lowest BCUT2D eigenvalue weighted by Gasteiger charge is -2.36. The number of nitrogens with zero attached hydrogens (tertiary/aromatic N) is 4. The fraction of sp³-hybridized carbons (Fsp3) is 0.429. The normalized spacial score (nSPS) is 17.3. The Morgan fingerprint density at radius 3 is 2.62 bits per heavy atom. The number of tetrazole rings is 1. The zero-order valence-electron chi connectivity index (χ0n) is 12.4. The molecule has 0 saturated carbocycles. The maximum atomic E-state index is 13.3. The molecule has 0 radical (unpaired) electrons. The lowest BCUT2D eigenvalue weighted by Crippen LogP contribution is -2.45. The molecule has 10 heteroatoms. The van der Waals surface area contributed by atoms with E-state index in [2.05, 4.69) is 20.6 Å². The third-order valence-electron chi connectivity index (χ3n) is 4.12. The Kier molecular flexibility index (Phi) is 4.22. The highest BCUT2D eigenvalue weighted by atomic mass is 19.3. The second kappa shape index (κ2) is 6.19. The van der Waals surface area contributed by atoms with Crippen molar-refractivity contribution in [2.75, 3.05) is 13.1 Å². The van der Waals surface area contributed by atoms with Crippen LogP contribution in [-0.4, -0.2) is 49.6 Å². The maximum absolute atomic E-state index is 13.3. The molecule has 1 aliphatic heterocycles. The van der Waals surface area contributed by atoms with E-state index in [-0.39, 0.29) is 37.3 Å². The van der Waals surface area contributed by atoms with Crippen molar-refractivity contribution < 1.29 is 23.1 Å². The van der Waals surface area contributed by atoms with Gasteiger partial charge in [0.2, 0.25) is 5.82 Å². The van der Waals surface area contributed by atoms with Crippen molar-refractivity contribution in [2.24, 2.45) is 0 Å². The van der Waals surface area contributed by atoms with Crippen LogP contribution < -0.4 is 0 Å². The molecule has 0 bridgehead atoms. The van der Waals surface area contributed by atoms with Gasteiger partial charge in [0.25, 0.3) is 12.3 Å². The molecule has 128 valence electrons. The molecule has 1 saturated heterocycles. The minimum absolute atomic E-state index is 0.0169. The number of rotatable bonds is 3. The highest BCUT2D eigenvalue weighted by molar-refractivity contribution is 5.94. The molecular weight excluding hydrogens is 327 g/mol. The molecule has 0 unspecified atom stereocenters. The Hall–Kier alpha value is -2.49. The van der Waals surface area contributed by atoms with E-state index in [4.69, 9.17) is 0 Å². The second-order valence-electron chi connectivity index (χ2n) is 5.60. The van der Waals surface area contributed by atoms with Gasteiger partial charge in [0.15, 0.2) is 0 Å². The lowest BCUT2D eigenvalue weighted by atomic mass is 9.90. The average Bonchev–Trinajstić information content (AvgIpc) is 3.10. The summed E-state index contributed by atoms with van der Waals surface area (Å²) in [5, 5.41) is 23.6. The third-order valence-corrected chi connectivity index (χ3v) is 4.12. The van der Waals surface area contributed by atoms with Crippen LogP contribution in [0.5, 0.6) is 0 Å². The first kappa shape index (κ1) is 16.4. The Morgan fingerprint density at radius 2 is 2.04 bits per heavy atom. The molecule has 2 N–H and O–H groups in total. The summed E-state index contributed by atoms with van der Waals surface area (Å²) in [7, 11) is 0. The molecule has 2 heterocycles. The van der Waals surface area contributed by atoms with Crippen LogP contribution in [0, 0.1) is 5.82 Å². The minimum atomic E-state index is -3.00. The SMILES string of the molecule is O=C(c1ccc(F)c(C(F)F)c1)N1CCC(O)(c2nn[nH]n2)CC1. The van der Waals surface area contributed by atoms with E-state index >= 15 is 0 Å². The first-order valence-corrected chi connectivity index (χ1v) is 7.24. The van der Waals surface area contributed by atoms with Crippen LogP contribution in [-0.2, 0) is 5.60 Å². The molecule has 0 aliphatic carbocycles. The number of carbonyl (C=O) groups excluding carboxylic acids is 1. The number of carbonyl (C=O) groups is 1. The Labute approximate surface area is 134 Å². The summed E-state index contributed by atoms with van der Waals surface area (Å²) in [4.78, 5) is 13.8. The van der Waals surface area contributed by atoms with Crippen LogP contribution in [0.4, 0.5) is 13.2 Å². The summed E-state index contributed by atoms with van der Waals surface area (Å²) in [6.45, 7) is 0.372. The number of aromatic nitrogens is 4. The predicted molar refractivity (Wildman–Crippen MR) is 74.6 cm³/mol. The van der Waals surface area contributed by atoms with Gasteiger partial charge in [0.1, 0.15) is 11.4 Å². The molecular formula is C14H14F3N5O2. The molecule has 1 aromatic carbocycles. The first-order chi connectivity index (χ1) is 11.4. The first-order valence-electron chi connectivity index (χ1n) is 7.24. The van der Waals surface area contributed by atoms with Gasteiger partial charge in [0.05, 0.1) is 5.56 Å². The molecule has 1 amide bonds. The molecule has 7 nitrogen and oxygen atoms in total. The maximum Gasteiger partial charge on any atom is 0.266 e. The van der Waals surface area contributed by atoms with Gasteiger partial charge in [-0.05, 0) is 18.2 Å². The van der Waals surface area contributed by atoms with Crippen molar-refractivity contribution in [3.05, 3.63) is 41.0 Å². The quantitative estimate of drug-likeness (QED) is 0.880. The number of alkyl halides is 2. The Balaban J connectivity index is 1.73. The molecule has 0 spiro atoms. The lowest BCUT2D eigenvalue weighted by molar-refractivity contribution is -0.0279. The van der Waals surface area contributed by atoms with Crippen molar-refractivity contribution in [3.8, 4) is 0 Å². The van der Waals surface area contributed by atoms with E-state index in [0.29, 0.717) is 0 Å².